The number of carbonyl (C=O) groups excluding carboxylic acids is 1. The molecule has 0 fully saturated rings. The highest BCUT2D eigenvalue weighted by atomic mass is 19.4. The number of amides is 1. The quantitative estimate of drug-likeness (QED) is 0.892. The van der Waals surface area contributed by atoms with Crippen LogP contribution in [0.1, 0.15) is 18.1 Å². The van der Waals surface area contributed by atoms with Gasteiger partial charge in [-0.25, -0.2) is 0 Å². The third kappa shape index (κ3) is 4.46. The Morgan fingerprint density at radius 2 is 2.10 bits per heavy atom. The van der Waals surface area contributed by atoms with Gasteiger partial charge in [-0.3, -0.25) is 4.79 Å². The maximum Gasteiger partial charge on any atom is 0.405 e. The molecule has 4 nitrogen and oxygen atoms in total. The van der Waals surface area contributed by atoms with Gasteiger partial charge in [-0.05, 0) is 25.5 Å². The second-order valence-electron chi connectivity index (χ2n) is 4.31. The van der Waals surface area contributed by atoms with E-state index in [0.717, 1.165) is 5.56 Å². The Morgan fingerprint density at radius 3 is 2.65 bits per heavy atom. The van der Waals surface area contributed by atoms with Gasteiger partial charge in [0, 0.05) is 0 Å². The number of hydrogen-bond donors (Lipinski definition) is 2. The Bertz CT molecular complexity index is 535. The summed E-state index contributed by atoms with van der Waals surface area (Å²) in [7, 11) is 0. The zero-order chi connectivity index (χ0) is 15.3. The van der Waals surface area contributed by atoms with Crippen LogP contribution < -0.4 is 10.6 Å². The summed E-state index contributed by atoms with van der Waals surface area (Å²) >= 11 is 0. The minimum absolute atomic E-state index is 0.364. The fourth-order valence-corrected chi connectivity index (χ4v) is 1.58. The van der Waals surface area contributed by atoms with Crippen molar-refractivity contribution in [1.29, 1.82) is 5.26 Å². The SMILES string of the molecule is Cc1cccc(NC(C)C(=O)NCC(F)(F)F)c1C#N. The molecule has 0 aromatic heterocycles. The highest BCUT2D eigenvalue weighted by Gasteiger charge is 2.28. The lowest BCUT2D eigenvalue weighted by molar-refractivity contribution is -0.138. The number of carbonyl (C=O) groups is 1. The van der Waals surface area contributed by atoms with Crippen molar-refractivity contribution in [1.82, 2.24) is 5.32 Å². The number of aryl methyl sites for hydroxylation is 1. The van der Waals surface area contributed by atoms with E-state index in [2.05, 4.69) is 5.32 Å². The van der Waals surface area contributed by atoms with E-state index in [1.165, 1.54) is 6.92 Å². The first-order valence-electron chi connectivity index (χ1n) is 5.85. The summed E-state index contributed by atoms with van der Waals surface area (Å²) in [6.07, 6.45) is -4.45. The first-order valence-corrected chi connectivity index (χ1v) is 5.85. The second-order valence-corrected chi connectivity index (χ2v) is 4.31. The standard InChI is InChI=1S/C13H14F3N3O/c1-8-4-3-5-11(10(8)6-17)19-9(2)12(20)18-7-13(14,15)16/h3-5,9,19H,7H2,1-2H3,(H,18,20). The molecule has 1 rings (SSSR count). The van der Waals surface area contributed by atoms with Gasteiger partial charge in [-0.1, -0.05) is 12.1 Å². The van der Waals surface area contributed by atoms with Gasteiger partial charge in [0.05, 0.1) is 11.3 Å². The Labute approximate surface area is 114 Å². The van der Waals surface area contributed by atoms with Crippen molar-refractivity contribution in [2.45, 2.75) is 26.1 Å². The van der Waals surface area contributed by atoms with Gasteiger partial charge < -0.3 is 10.6 Å². The molecule has 1 amide bonds. The van der Waals surface area contributed by atoms with Crippen molar-refractivity contribution < 1.29 is 18.0 Å². The van der Waals surface area contributed by atoms with Gasteiger partial charge in [0.1, 0.15) is 18.7 Å². The third-order valence-corrected chi connectivity index (χ3v) is 2.61. The number of hydrogen-bond acceptors (Lipinski definition) is 3. The summed E-state index contributed by atoms with van der Waals surface area (Å²) in [6, 6.07) is 6.13. The highest BCUT2D eigenvalue weighted by Crippen LogP contribution is 2.19. The normalized spacial score (nSPS) is 12.4. The topological polar surface area (TPSA) is 64.9 Å². The summed E-state index contributed by atoms with van der Waals surface area (Å²) in [4.78, 5) is 11.5. The molecular formula is C13H14F3N3O. The second kappa shape index (κ2) is 6.28. The maximum atomic E-state index is 12.0. The molecule has 1 atom stereocenters. The zero-order valence-corrected chi connectivity index (χ0v) is 11.0. The molecule has 0 saturated carbocycles. The molecule has 0 spiro atoms. The number of rotatable bonds is 4. The zero-order valence-electron chi connectivity index (χ0n) is 11.0. The van der Waals surface area contributed by atoms with Crippen LogP contribution in [0.3, 0.4) is 0 Å². The van der Waals surface area contributed by atoms with Gasteiger partial charge >= 0.3 is 6.18 Å². The Morgan fingerprint density at radius 1 is 1.45 bits per heavy atom. The Balaban J connectivity index is 2.72. The molecule has 0 heterocycles. The maximum absolute atomic E-state index is 12.0. The van der Waals surface area contributed by atoms with Crippen molar-refractivity contribution in [3.05, 3.63) is 29.3 Å². The summed E-state index contributed by atoms with van der Waals surface area (Å²) in [6.45, 7) is 1.78. The summed E-state index contributed by atoms with van der Waals surface area (Å²) in [5, 5.41) is 13.5. The van der Waals surface area contributed by atoms with Crippen LogP contribution in [0.2, 0.25) is 0 Å². The predicted molar refractivity (Wildman–Crippen MR) is 68.0 cm³/mol. The lowest BCUT2D eigenvalue weighted by atomic mass is 10.1. The Kier molecular flexibility index (Phi) is 4.97. The molecule has 0 saturated heterocycles. The molecule has 0 aliphatic carbocycles. The van der Waals surface area contributed by atoms with E-state index >= 15 is 0 Å². The molecule has 0 radical (unpaired) electrons. The number of nitrogens with zero attached hydrogens (tertiary/aromatic N) is 1. The third-order valence-electron chi connectivity index (χ3n) is 2.61. The molecule has 0 bridgehead atoms. The monoisotopic (exact) mass is 285 g/mol. The molecule has 1 unspecified atom stereocenters. The largest absolute Gasteiger partial charge is 0.405 e. The molecular weight excluding hydrogens is 271 g/mol. The van der Waals surface area contributed by atoms with Crippen molar-refractivity contribution in [2.24, 2.45) is 0 Å². The predicted octanol–water partition coefficient (Wildman–Crippen LogP) is 2.35. The van der Waals surface area contributed by atoms with Crippen molar-refractivity contribution in [3.8, 4) is 6.07 Å². The van der Waals surface area contributed by atoms with Crippen LogP contribution in [0.15, 0.2) is 18.2 Å². The van der Waals surface area contributed by atoms with Crippen LogP contribution in [-0.2, 0) is 4.79 Å². The smallest absolute Gasteiger partial charge is 0.373 e. The lowest BCUT2D eigenvalue weighted by Gasteiger charge is -2.17. The van der Waals surface area contributed by atoms with Crippen LogP contribution >= 0.6 is 0 Å². The average molecular weight is 285 g/mol. The first kappa shape index (κ1) is 15.8. The summed E-state index contributed by atoms with van der Waals surface area (Å²) in [5.74, 6) is -0.785. The van der Waals surface area contributed by atoms with Crippen LogP contribution in [0.4, 0.5) is 18.9 Å². The number of anilines is 1. The van der Waals surface area contributed by atoms with Gasteiger partial charge in [-0.2, -0.15) is 18.4 Å². The van der Waals surface area contributed by atoms with Gasteiger partial charge in [0.2, 0.25) is 5.91 Å². The van der Waals surface area contributed by atoms with Crippen molar-refractivity contribution >= 4 is 11.6 Å². The van der Waals surface area contributed by atoms with E-state index in [4.69, 9.17) is 5.26 Å². The lowest BCUT2D eigenvalue weighted by Crippen LogP contribution is -2.42. The minimum atomic E-state index is -4.45. The number of benzene rings is 1. The number of alkyl halides is 3. The molecule has 7 heteroatoms. The summed E-state index contributed by atoms with van der Waals surface area (Å²) < 4.78 is 36.0. The average Bonchev–Trinajstić information content (AvgIpc) is 2.35. The van der Waals surface area contributed by atoms with Crippen molar-refractivity contribution in [3.63, 3.8) is 0 Å². The van der Waals surface area contributed by atoms with Gasteiger partial charge in [0.15, 0.2) is 0 Å². The summed E-state index contributed by atoms with van der Waals surface area (Å²) in [5.41, 5.74) is 1.51. The van der Waals surface area contributed by atoms with E-state index in [-0.39, 0.29) is 0 Å². The molecule has 0 aliphatic rings. The van der Waals surface area contributed by atoms with E-state index in [1.807, 2.05) is 6.07 Å². The number of nitriles is 1. The van der Waals surface area contributed by atoms with E-state index in [0.29, 0.717) is 11.3 Å². The molecule has 1 aromatic rings. The fourth-order valence-electron chi connectivity index (χ4n) is 1.58. The van der Waals surface area contributed by atoms with E-state index in [9.17, 15) is 18.0 Å². The molecule has 2 N–H and O–H groups in total. The molecule has 108 valence electrons. The van der Waals surface area contributed by atoms with Crippen LogP contribution in [-0.4, -0.2) is 24.7 Å². The van der Waals surface area contributed by atoms with Crippen LogP contribution in [0.25, 0.3) is 0 Å². The highest BCUT2D eigenvalue weighted by molar-refractivity contribution is 5.84. The molecule has 0 aliphatic heterocycles. The van der Waals surface area contributed by atoms with Gasteiger partial charge in [-0.15, -0.1) is 0 Å². The Hall–Kier alpha value is -2.23. The van der Waals surface area contributed by atoms with E-state index < -0.39 is 24.7 Å². The van der Waals surface area contributed by atoms with Crippen LogP contribution in [0.5, 0.6) is 0 Å². The minimum Gasteiger partial charge on any atom is -0.373 e. The number of nitrogens with one attached hydrogen (secondary N) is 2. The first-order chi connectivity index (χ1) is 9.24. The number of halogens is 3. The molecule has 1 aromatic carbocycles. The van der Waals surface area contributed by atoms with Crippen LogP contribution in [0, 0.1) is 18.3 Å². The molecule has 20 heavy (non-hydrogen) atoms. The van der Waals surface area contributed by atoms with Crippen molar-refractivity contribution in [2.75, 3.05) is 11.9 Å². The fraction of sp³-hybridized carbons (Fsp3) is 0.385. The van der Waals surface area contributed by atoms with E-state index in [1.54, 1.807) is 30.4 Å². The van der Waals surface area contributed by atoms with Gasteiger partial charge in [0.25, 0.3) is 0 Å².